The van der Waals surface area contributed by atoms with E-state index in [0.29, 0.717) is 50.1 Å². The van der Waals surface area contributed by atoms with Crippen LogP contribution in [0.4, 0.5) is 0 Å². The predicted octanol–water partition coefficient (Wildman–Crippen LogP) is 4.92. The highest BCUT2D eigenvalue weighted by Crippen LogP contribution is 2.39. The van der Waals surface area contributed by atoms with Crippen molar-refractivity contribution in [3.05, 3.63) is 90.0 Å². The average Bonchev–Trinajstić information content (AvgIpc) is 2.80. The number of rotatable bonds is 3. The zero-order chi connectivity index (χ0) is 21.3. The summed E-state index contributed by atoms with van der Waals surface area (Å²) in [4.78, 5) is 27.4. The second-order valence-corrected chi connectivity index (χ2v) is 8.50. The summed E-state index contributed by atoms with van der Waals surface area (Å²) in [5.74, 6) is 0.946. The van der Waals surface area contributed by atoms with Gasteiger partial charge in [0.25, 0.3) is 0 Å². The number of amides is 1. The molecule has 0 bridgehead atoms. The molecule has 4 nitrogen and oxygen atoms in total. The highest BCUT2D eigenvalue weighted by atomic mass is 16.5. The summed E-state index contributed by atoms with van der Waals surface area (Å²) in [7, 11) is 0. The molecule has 3 aromatic carbocycles. The molecule has 1 saturated heterocycles. The van der Waals surface area contributed by atoms with Crippen LogP contribution < -0.4 is 4.74 Å². The largest absolute Gasteiger partial charge is 0.486 e. The summed E-state index contributed by atoms with van der Waals surface area (Å²) < 4.78 is 6.27. The topological polar surface area (TPSA) is 46.6 Å². The van der Waals surface area contributed by atoms with Gasteiger partial charge in [-0.3, -0.25) is 9.59 Å². The molecule has 1 spiro atoms. The molecular formula is C27H25NO3. The van der Waals surface area contributed by atoms with E-state index in [0.717, 1.165) is 11.1 Å². The summed E-state index contributed by atoms with van der Waals surface area (Å²) in [6.45, 7) is 1.24. The maximum Gasteiger partial charge on any atom is 0.226 e. The van der Waals surface area contributed by atoms with Gasteiger partial charge in [0, 0.05) is 25.9 Å². The van der Waals surface area contributed by atoms with Gasteiger partial charge in [0.15, 0.2) is 5.78 Å². The van der Waals surface area contributed by atoms with Crippen molar-refractivity contribution >= 4 is 11.7 Å². The Hall–Kier alpha value is -3.40. The van der Waals surface area contributed by atoms with Crippen LogP contribution in [0.25, 0.3) is 11.1 Å². The van der Waals surface area contributed by atoms with E-state index in [1.54, 1.807) is 0 Å². The fourth-order valence-corrected chi connectivity index (χ4v) is 4.62. The van der Waals surface area contributed by atoms with Crippen LogP contribution in [0, 0.1) is 0 Å². The van der Waals surface area contributed by atoms with Crippen molar-refractivity contribution in [1.82, 2.24) is 4.90 Å². The molecular weight excluding hydrogens is 386 g/mol. The van der Waals surface area contributed by atoms with E-state index in [9.17, 15) is 9.59 Å². The number of hydrogen-bond acceptors (Lipinski definition) is 3. The lowest BCUT2D eigenvalue weighted by molar-refractivity contribution is -0.134. The number of Topliss-reactive ketones (excluding diaryl/α,β-unsaturated/α-hetero) is 1. The summed E-state index contributed by atoms with van der Waals surface area (Å²) in [6.07, 6.45) is 2.16. The Labute approximate surface area is 182 Å². The molecule has 3 aromatic rings. The number of nitrogens with zero attached hydrogens (tertiary/aromatic N) is 1. The SMILES string of the molecule is O=C1CC2(CCN(C(=O)Cc3ccc(-c4ccccc4)cc3)CC2)Oc2ccccc21. The number of benzene rings is 3. The molecule has 4 heteroatoms. The lowest BCUT2D eigenvalue weighted by Gasteiger charge is -2.44. The van der Waals surface area contributed by atoms with Crippen molar-refractivity contribution < 1.29 is 14.3 Å². The monoisotopic (exact) mass is 411 g/mol. The summed E-state index contributed by atoms with van der Waals surface area (Å²) in [6, 6.07) is 25.9. The molecule has 156 valence electrons. The summed E-state index contributed by atoms with van der Waals surface area (Å²) in [5, 5.41) is 0. The molecule has 2 aliphatic heterocycles. The van der Waals surface area contributed by atoms with Crippen LogP contribution in [-0.4, -0.2) is 35.3 Å². The zero-order valence-corrected chi connectivity index (χ0v) is 17.4. The van der Waals surface area contributed by atoms with Gasteiger partial charge in [-0.2, -0.15) is 0 Å². The normalized spacial score (nSPS) is 17.2. The van der Waals surface area contributed by atoms with Crippen LogP contribution in [0.1, 0.15) is 35.2 Å². The molecule has 2 aliphatic rings. The van der Waals surface area contributed by atoms with Gasteiger partial charge >= 0.3 is 0 Å². The van der Waals surface area contributed by atoms with E-state index in [4.69, 9.17) is 4.74 Å². The smallest absolute Gasteiger partial charge is 0.226 e. The fraction of sp³-hybridized carbons (Fsp3) is 0.259. The van der Waals surface area contributed by atoms with Crippen molar-refractivity contribution in [2.75, 3.05) is 13.1 Å². The minimum absolute atomic E-state index is 0.129. The Balaban J connectivity index is 1.20. The molecule has 0 radical (unpaired) electrons. The van der Waals surface area contributed by atoms with Crippen molar-refractivity contribution in [2.24, 2.45) is 0 Å². The molecule has 0 atom stereocenters. The lowest BCUT2D eigenvalue weighted by atomic mass is 9.82. The standard InChI is InChI=1S/C27H25NO3/c29-24-19-27(31-25-9-5-4-8-23(24)25)14-16-28(17-15-27)26(30)18-20-10-12-22(13-11-20)21-6-2-1-3-7-21/h1-13H,14-19H2. The number of fused-ring (bicyclic) bond motifs is 1. The highest BCUT2D eigenvalue weighted by Gasteiger charge is 2.43. The van der Waals surface area contributed by atoms with Crippen molar-refractivity contribution in [3.63, 3.8) is 0 Å². The maximum absolute atomic E-state index is 12.9. The first-order valence-corrected chi connectivity index (χ1v) is 10.9. The van der Waals surface area contributed by atoms with Crippen LogP contribution in [0.15, 0.2) is 78.9 Å². The lowest BCUT2D eigenvalue weighted by Crippen LogP contribution is -2.52. The van der Waals surface area contributed by atoms with Gasteiger partial charge in [-0.05, 0) is 28.8 Å². The second-order valence-electron chi connectivity index (χ2n) is 8.50. The van der Waals surface area contributed by atoms with Gasteiger partial charge in [0.05, 0.1) is 18.4 Å². The van der Waals surface area contributed by atoms with Crippen molar-refractivity contribution in [3.8, 4) is 16.9 Å². The fourth-order valence-electron chi connectivity index (χ4n) is 4.62. The molecule has 1 amide bonds. The first kappa shape index (κ1) is 19.6. The first-order valence-electron chi connectivity index (χ1n) is 10.9. The Morgan fingerprint density at radius 1 is 0.839 bits per heavy atom. The van der Waals surface area contributed by atoms with Crippen LogP contribution in [0.2, 0.25) is 0 Å². The Bertz CT molecular complexity index is 1100. The van der Waals surface area contributed by atoms with Crippen molar-refractivity contribution in [1.29, 1.82) is 0 Å². The number of piperidine rings is 1. The third kappa shape index (κ3) is 3.98. The van der Waals surface area contributed by atoms with Gasteiger partial charge in [0.1, 0.15) is 11.4 Å². The third-order valence-corrected chi connectivity index (χ3v) is 6.44. The van der Waals surface area contributed by atoms with E-state index in [1.807, 2.05) is 59.5 Å². The molecule has 0 saturated carbocycles. The Kier molecular flexibility index (Phi) is 5.06. The van der Waals surface area contributed by atoms with Gasteiger partial charge in [-0.25, -0.2) is 0 Å². The molecule has 0 N–H and O–H groups in total. The number of ether oxygens (including phenoxy) is 1. The molecule has 0 unspecified atom stereocenters. The van der Waals surface area contributed by atoms with Crippen molar-refractivity contribution in [2.45, 2.75) is 31.3 Å². The van der Waals surface area contributed by atoms with E-state index in [1.165, 1.54) is 5.56 Å². The van der Waals surface area contributed by atoms with Crippen LogP contribution >= 0.6 is 0 Å². The number of para-hydroxylation sites is 1. The van der Waals surface area contributed by atoms with E-state index < -0.39 is 5.60 Å². The van der Waals surface area contributed by atoms with Gasteiger partial charge in [0.2, 0.25) is 5.91 Å². The van der Waals surface area contributed by atoms with Gasteiger partial charge in [-0.15, -0.1) is 0 Å². The summed E-state index contributed by atoms with van der Waals surface area (Å²) >= 11 is 0. The molecule has 2 heterocycles. The molecule has 1 fully saturated rings. The third-order valence-electron chi connectivity index (χ3n) is 6.44. The molecule has 5 rings (SSSR count). The highest BCUT2D eigenvalue weighted by molar-refractivity contribution is 6.00. The minimum Gasteiger partial charge on any atom is -0.486 e. The minimum atomic E-state index is -0.473. The number of carbonyl (C=O) groups excluding carboxylic acids is 2. The number of hydrogen-bond donors (Lipinski definition) is 0. The quantitative estimate of drug-likeness (QED) is 0.614. The number of ketones is 1. The summed E-state index contributed by atoms with van der Waals surface area (Å²) in [5.41, 5.74) is 3.54. The van der Waals surface area contributed by atoms with E-state index in [-0.39, 0.29) is 11.7 Å². The van der Waals surface area contributed by atoms with Crippen LogP contribution in [0.5, 0.6) is 5.75 Å². The zero-order valence-electron chi connectivity index (χ0n) is 17.4. The van der Waals surface area contributed by atoms with Crippen LogP contribution in [-0.2, 0) is 11.2 Å². The van der Waals surface area contributed by atoms with E-state index >= 15 is 0 Å². The Morgan fingerprint density at radius 2 is 1.48 bits per heavy atom. The number of likely N-dealkylation sites (tertiary alicyclic amines) is 1. The van der Waals surface area contributed by atoms with Crippen LogP contribution in [0.3, 0.4) is 0 Å². The maximum atomic E-state index is 12.9. The molecule has 0 aliphatic carbocycles. The first-order chi connectivity index (χ1) is 15.1. The Morgan fingerprint density at radius 3 is 2.23 bits per heavy atom. The average molecular weight is 412 g/mol. The molecule has 31 heavy (non-hydrogen) atoms. The van der Waals surface area contributed by atoms with E-state index in [2.05, 4.69) is 24.3 Å². The predicted molar refractivity (Wildman–Crippen MR) is 120 cm³/mol. The number of carbonyl (C=O) groups is 2. The molecule has 0 aromatic heterocycles. The van der Waals surface area contributed by atoms with Gasteiger partial charge in [-0.1, -0.05) is 66.7 Å². The second kappa shape index (κ2) is 8.03. The van der Waals surface area contributed by atoms with Gasteiger partial charge < -0.3 is 9.64 Å².